The van der Waals surface area contributed by atoms with E-state index in [-0.39, 0.29) is 11.9 Å². The number of thiophene rings is 1. The number of hydrogen-bond donors (Lipinski definition) is 0. The highest BCUT2D eigenvalue weighted by Gasteiger charge is 2.19. The first-order valence-electron chi connectivity index (χ1n) is 5.83. The number of ether oxygens (including phenoxy) is 2. The minimum atomic E-state index is -0.515. The Morgan fingerprint density at radius 2 is 1.89 bits per heavy atom. The lowest BCUT2D eigenvalue weighted by atomic mass is 10.2. The van der Waals surface area contributed by atoms with E-state index in [0.29, 0.717) is 10.5 Å². The number of methoxy groups -OCH3 is 1. The van der Waals surface area contributed by atoms with E-state index in [1.54, 1.807) is 25.1 Å². The lowest BCUT2D eigenvalue weighted by molar-refractivity contribution is -0.135. The van der Waals surface area contributed by atoms with Gasteiger partial charge in [-0.3, -0.25) is 0 Å². The molecule has 0 saturated carbocycles. The van der Waals surface area contributed by atoms with Crippen molar-refractivity contribution >= 4 is 29.4 Å². The highest BCUT2D eigenvalue weighted by molar-refractivity contribution is 7.14. The van der Waals surface area contributed by atoms with Gasteiger partial charge in [0.15, 0.2) is 0 Å². The van der Waals surface area contributed by atoms with Crippen LogP contribution >= 0.6 is 11.3 Å². The van der Waals surface area contributed by atoms with Gasteiger partial charge >= 0.3 is 11.9 Å². The first-order valence-corrected chi connectivity index (χ1v) is 6.64. The lowest BCUT2D eigenvalue weighted by Crippen LogP contribution is -2.23. The third-order valence-corrected chi connectivity index (χ3v) is 3.11. The molecule has 0 aromatic carbocycles. The van der Waals surface area contributed by atoms with Gasteiger partial charge in [0, 0.05) is 10.5 Å². The zero-order chi connectivity index (χ0) is 14.6. The Balaban J connectivity index is 2.83. The van der Waals surface area contributed by atoms with Crippen molar-refractivity contribution < 1.29 is 19.1 Å². The fraction of sp³-hybridized carbons (Fsp3) is 0.429. The molecular formula is C14H18O4S. The van der Waals surface area contributed by atoms with Crippen molar-refractivity contribution in [2.24, 2.45) is 0 Å². The van der Waals surface area contributed by atoms with E-state index in [9.17, 15) is 9.59 Å². The zero-order valence-electron chi connectivity index (χ0n) is 11.8. The van der Waals surface area contributed by atoms with E-state index in [0.717, 1.165) is 4.88 Å². The maximum atomic E-state index is 11.8. The van der Waals surface area contributed by atoms with E-state index >= 15 is 0 Å². The molecular weight excluding hydrogens is 264 g/mol. The second-order valence-corrected chi connectivity index (χ2v) is 6.14. The monoisotopic (exact) mass is 282 g/mol. The third-order valence-electron chi connectivity index (χ3n) is 2.09. The minimum absolute atomic E-state index is 0.354. The predicted molar refractivity (Wildman–Crippen MR) is 75.2 cm³/mol. The quantitative estimate of drug-likeness (QED) is 0.630. The van der Waals surface area contributed by atoms with Gasteiger partial charge in [0.25, 0.3) is 0 Å². The molecule has 0 atom stereocenters. The number of carbonyl (C=O) groups is 2. The summed E-state index contributed by atoms with van der Waals surface area (Å²) in [6, 6.07) is 3.46. The van der Waals surface area contributed by atoms with Crippen molar-refractivity contribution in [2.45, 2.75) is 33.3 Å². The predicted octanol–water partition coefficient (Wildman–Crippen LogP) is 3.28. The number of rotatable bonds is 3. The summed E-state index contributed by atoms with van der Waals surface area (Å²) in [6.07, 6.45) is 1.68. The van der Waals surface area contributed by atoms with Crippen LogP contribution in [0, 0.1) is 0 Å². The van der Waals surface area contributed by atoms with Gasteiger partial charge in [-0.15, -0.1) is 11.3 Å². The Kier molecular flexibility index (Phi) is 4.89. The van der Waals surface area contributed by atoms with E-state index in [4.69, 9.17) is 4.74 Å². The molecule has 104 valence electrons. The fourth-order valence-corrected chi connectivity index (χ4v) is 2.19. The van der Waals surface area contributed by atoms with Crippen LogP contribution in [0.15, 0.2) is 17.7 Å². The Morgan fingerprint density at radius 1 is 1.26 bits per heavy atom. The molecule has 0 aliphatic carbocycles. The largest absolute Gasteiger partial charge is 0.466 e. The van der Waals surface area contributed by atoms with Crippen LogP contribution in [0.25, 0.3) is 6.08 Å². The smallest absolute Gasteiger partial charge is 0.348 e. The van der Waals surface area contributed by atoms with Gasteiger partial charge < -0.3 is 9.47 Å². The molecule has 1 aromatic rings. The van der Waals surface area contributed by atoms with E-state index in [1.165, 1.54) is 18.4 Å². The van der Waals surface area contributed by atoms with Crippen LogP contribution < -0.4 is 0 Å². The summed E-state index contributed by atoms with van der Waals surface area (Å²) in [5, 5.41) is 0. The second kappa shape index (κ2) is 6.02. The fourth-order valence-electron chi connectivity index (χ4n) is 1.30. The van der Waals surface area contributed by atoms with Gasteiger partial charge in [-0.1, -0.05) is 0 Å². The van der Waals surface area contributed by atoms with Crippen molar-refractivity contribution in [3.05, 3.63) is 27.5 Å². The Morgan fingerprint density at radius 3 is 2.42 bits per heavy atom. The van der Waals surface area contributed by atoms with Crippen LogP contribution in [0.1, 0.15) is 42.2 Å². The van der Waals surface area contributed by atoms with Crippen LogP contribution in [-0.4, -0.2) is 24.6 Å². The van der Waals surface area contributed by atoms with Gasteiger partial charge in [0.2, 0.25) is 0 Å². The molecule has 5 heteroatoms. The number of hydrogen-bond acceptors (Lipinski definition) is 5. The molecule has 0 fully saturated rings. The minimum Gasteiger partial charge on any atom is -0.466 e. The third kappa shape index (κ3) is 4.87. The molecule has 19 heavy (non-hydrogen) atoms. The van der Waals surface area contributed by atoms with Crippen LogP contribution in [0.4, 0.5) is 0 Å². The average Bonchev–Trinajstić information content (AvgIpc) is 2.74. The molecule has 0 saturated heterocycles. The molecule has 0 spiro atoms. The van der Waals surface area contributed by atoms with E-state index < -0.39 is 5.60 Å². The molecule has 1 heterocycles. The molecule has 0 unspecified atom stereocenters. The zero-order valence-corrected chi connectivity index (χ0v) is 12.6. The average molecular weight is 282 g/mol. The summed E-state index contributed by atoms with van der Waals surface area (Å²) in [7, 11) is 1.33. The summed E-state index contributed by atoms with van der Waals surface area (Å²) in [4.78, 5) is 24.4. The van der Waals surface area contributed by atoms with Gasteiger partial charge in [-0.25, -0.2) is 9.59 Å². The first kappa shape index (κ1) is 15.4. The van der Waals surface area contributed by atoms with Gasteiger partial charge in [0.05, 0.1) is 7.11 Å². The number of esters is 2. The van der Waals surface area contributed by atoms with Crippen LogP contribution in [0.5, 0.6) is 0 Å². The molecule has 0 N–H and O–H groups in total. The highest BCUT2D eigenvalue weighted by atomic mass is 32.1. The van der Waals surface area contributed by atoms with Gasteiger partial charge in [0.1, 0.15) is 10.5 Å². The van der Waals surface area contributed by atoms with Crippen molar-refractivity contribution in [2.75, 3.05) is 7.11 Å². The summed E-state index contributed by atoms with van der Waals surface area (Å²) >= 11 is 1.28. The molecule has 4 nitrogen and oxygen atoms in total. The Hall–Kier alpha value is -1.62. The summed E-state index contributed by atoms with van der Waals surface area (Å²) in [6.45, 7) is 7.13. The van der Waals surface area contributed by atoms with E-state index in [2.05, 4.69) is 4.74 Å². The molecule has 0 aliphatic heterocycles. The molecule has 0 aliphatic rings. The first-order chi connectivity index (χ1) is 8.73. The van der Waals surface area contributed by atoms with Crippen LogP contribution in [0.3, 0.4) is 0 Å². The molecule has 1 rings (SSSR count). The summed E-state index contributed by atoms with van der Waals surface area (Å²) < 4.78 is 9.88. The standard InChI is InChI=1S/C14H18O4S/c1-9(12(15)17-5)8-10-6-7-11(19-10)13(16)18-14(2,3)4/h6-8H,1-5H3/b9-8+. The number of carbonyl (C=O) groups excluding carboxylic acids is 2. The van der Waals surface area contributed by atoms with Crippen LogP contribution in [0.2, 0.25) is 0 Å². The van der Waals surface area contributed by atoms with Crippen LogP contribution in [-0.2, 0) is 14.3 Å². The normalized spacial score (nSPS) is 12.2. The summed E-state index contributed by atoms with van der Waals surface area (Å²) in [5.74, 6) is -0.736. The van der Waals surface area contributed by atoms with E-state index in [1.807, 2.05) is 20.8 Å². The second-order valence-electron chi connectivity index (χ2n) is 5.02. The van der Waals surface area contributed by atoms with Gasteiger partial charge in [-0.2, -0.15) is 0 Å². The maximum absolute atomic E-state index is 11.8. The molecule has 0 amide bonds. The Labute approximate surface area is 117 Å². The van der Waals surface area contributed by atoms with Crippen molar-refractivity contribution in [1.82, 2.24) is 0 Å². The maximum Gasteiger partial charge on any atom is 0.348 e. The van der Waals surface area contributed by atoms with Gasteiger partial charge in [-0.05, 0) is 45.9 Å². The van der Waals surface area contributed by atoms with Crippen molar-refractivity contribution in [3.8, 4) is 0 Å². The van der Waals surface area contributed by atoms with Crippen molar-refractivity contribution in [1.29, 1.82) is 0 Å². The topological polar surface area (TPSA) is 52.6 Å². The lowest BCUT2D eigenvalue weighted by Gasteiger charge is -2.18. The summed E-state index contributed by atoms with van der Waals surface area (Å²) in [5.41, 5.74) is -0.0287. The Bertz CT molecular complexity index is 506. The SMILES string of the molecule is COC(=O)/C(C)=C/c1ccc(C(=O)OC(C)(C)C)s1. The highest BCUT2D eigenvalue weighted by Crippen LogP contribution is 2.22. The van der Waals surface area contributed by atoms with Crippen molar-refractivity contribution in [3.63, 3.8) is 0 Å². The molecule has 1 aromatic heterocycles. The molecule has 0 bridgehead atoms. The molecule has 0 radical (unpaired) electrons.